The van der Waals surface area contributed by atoms with Gasteiger partial charge in [0.05, 0.1) is 30.5 Å². The van der Waals surface area contributed by atoms with Gasteiger partial charge >= 0.3 is 0 Å². The fourth-order valence-corrected chi connectivity index (χ4v) is 3.73. The van der Waals surface area contributed by atoms with E-state index >= 15 is 0 Å². The molecule has 0 aliphatic rings. The molecule has 0 radical (unpaired) electrons. The van der Waals surface area contributed by atoms with Gasteiger partial charge in [0.2, 0.25) is 5.13 Å². The molecular weight excluding hydrogens is 461 g/mol. The second-order valence-corrected chi connectivity index (χ2v) is 8.06. The zero-order valence-electron chi connectivity index (χ0n) is 18.3. The molecule has 0 saturated heterocycles. The van der Waals surface area contributed by atoms with Gasteiger partial charge in [0.25, 0.3) is 11.1 Å². The molecule has 9 nitrogen and oxygen atoms in total. The molecule has 4 aromatic rings. The summed E-state index contributed by atoms with van der Waals surface area (Å²) < 4.78 is 25.6. The van der Waals surface area contributed by atoms with Crippen LogP contribution in [0.25, 0.3) is 11.1 Å². The molecule has 1 amide bonds. The van der Waals surface area contributed by atoms with Crippen LogP contribution in [0.2, 0.25) is 0 Å². The number of halogens is 1. The summed E-state index contributed by atoms with van der Waals surface area (Å²) in [5.41, 5.74) is 2.62. The van der Waals surface area contributed by atoms with Crippen molar-refractivity contribution >= 4 is 22.4 Å². The van der Waals surface area contributed by atoms with E-state index in [2.05, 4.69) is 25.5 Å². The number of carbonyl (C=O) groups is 1. The number of aliphatic hydroxyl groups is 1. The summed E-state index contributed by atoms with van der Waals surface area (Å²) in [4.78, 5) is 21.4. The van der Waals surface area contributed by atoms with Crippen molar-refractivity contribution in [3.63, 3.8) is 0 Å². The first kappa shape index (κ1) is 23.2. The van der Waals surface area contributed by atoms with Crippen molar-refractivity contribution < 1.29 is 23.8 Å². The minimum absolute atomic E-state index is 0.0878. The molecule has 0 atom stereocenters. The highest BCUT2D eigenvalue weighted by Gasteiger charge is 2.21. The van der Waals surface area contributed by atoms with Crippen LogP contribution in [-0.2, 0) is 13.2 Å². The van der Waals surface area contributed by atoms with Crippen LogP contribution >= 0.6 is 11.3 Å². The van der Waals surface area contributed by atoms with E-state index in [1.54, 1.807) is 37.4 Å². The van der Waals surface area contributed by atoms with Gasteiger partial charge in [-0.15, -0.1) is 5.10 Å². The van der Waals surface area contributed by atoms with E-state index < -0.39 is 11.7 Å². The number of rotatable bonds is 8. The van der Waals surface area contributed by atoms with E-state index in [1.165, 1.54) is 25.4 Å². The predicted octanol–water partition coefficient (Wildman–Crippen LogP) is 3.77. The van der Waals surface area contributed by atoms with Crippen LogP contribution in [0.4, 0.5) is 9.52 Å². The lowest BCUT2D eigenvalue weighted by atomic mass is 9.98. The number of amides is 1. The Labute approximate surface area is 198 Å². The molecule has 34 heavy (non-hydrogen) atoms. The Balaban J connectivity index is 1.51. The van der Waals surface area contributed by atoms with E-state index in [4.69, 9.17) is 14.6 Å². The molecular formula is C23H20FN5O4S. The van der Waals surface area contributed by atoms with Gasteiger partial charge in [-0.05, 0) is 48.1 Å². The van der Waals surface area contributed by atoms with Gasteiger partial charge in [-0.1, -0.05) is 17.2 Å². The van der Waals surface area contributed by atoms with Gasteiger partial charge in [-0.2, -0.15) is 0 Å². The number of benzene rings is 1. The Kier molecular flexibility index (Phi) is 7.04. The van der Waals surface area contributed by atoms with Crippen LogP contribution in [0, 0.1) is 12.7 Å². The van der Waals surface area contributed by atoms with Crippen molar-refractivity contribution in [2.24, 2.45) is 0 Å². The second-order valence-electron chi connectivity index (χ2n) is 7.12. The van der Waals surface area contributed by atoms with Gasteiger partial charge in [0.1, 0.15) is 18.2 Å². The van der Waals surface area contributed by atoms with Gasteiger partial charge in [-0.3, -0.25) is 20.1 Å². The van der Waals surface area contributed by atoms with Crippen molar-refractivity contribution in [2.75, 3.05) is 12.4 Å². The van der Waals surface area contributed by atoms with E-state index in [0.29, 0.717) is 28.3 Å². The summed E-state index contributed by atoms with van der Waals surface area (Å²) in [7, 11) is 1.44. The maximum absolute atomic E-state index is 14.7. The lowest BCUT2D eigenvalue weighted by molar-refractivity contribution is 0.102. The quantitative estimate of drug-likeness (QED) is 0.390. The van der Waals surface area contributed by atoms with Crippen molar-refractivity contribution in [3.05, 3.63) is 77.1 Å². The number of pyridine rings is 2. The van der Waals surface area contributed by atoms with Crippen molar-refractivity contribution in [1.29, 1.82) is 0 Å². The fraction of sp³-hybridized carbons (Fsp3) is 0.174. The molecule has 0 aliphatic carbocycles. The highest BCUT2D eigenvalue weighted by Crippen LogP contribution is 2.35. The summed E-state index contributed by atoms with van der Waals surface area (Å²) in [6, 6.07) is 9.56. The Hall–Kier alpha value is -3.96. The molecule has 0 unspecified atom stereocenters. The number of hydrogen-bond acceptors (Lipinski definition) is 9. The number of aryl methyl sites for hydroxylation is 1. The molecule has 0 bridgehead atoms. The van der Waals surface area contributed by atoms with Gasteiger partial charge in [-0.25, -0.2) is 4.39 Å². The number of methoxy groups -OCH3 is 1. The molecule has 3 heterocycles. The highest BCUT2D eigenvalue weighted by atomic mass is 32.1. The minimum Gasteiger partial charge on any atom is -0.496 e. The van der Waals surface area contributed by atoms with Crippen LogP contribution < -0.4 is 14.8 Å². The van der Waals surface area contributed by atoms with Gasteiger partial charge in [0.15, 0.2) is 0 Å². The van der Waals surface area contributed by atoms with Crippen LogP contribution in [-0.4, -0.2) is 38.3 Å². The monoisotopic (exact) mass is 481 g/mol. The molecule has 2 N–H and O–H groups in total. The number of nitrogens with one attached hydrogen (secondary N) is 1. The molecule has 4 rings (SSSR count). The third kappa shape index (κ3) is 5.16. The number of aromatic nitrogens is 4. The predicted molar refractivity (Wildman–Crippen MR) is 123 cm³/mol. The van der Waals surface area contributed by atoms with Crippen molar-refractivity contribution in [1.82, 2.24) is 20.2 Å². The average molecular weight is 482 g/mol. The standard InChI is InChI=1S/C23H20FN5O4S/c1-13-8-16(20-18(24)4-3-5-19(20)32-2)17(10-25-13)21(31)27-22-28-29-23(34-22)33-12-15-7-6-14(11-30)9-26-15/h3-10,30H,11-12H2,1-2H3,(H,27,28,31). The van der Waals surface area contributed by atoms with Crippen LogP contribution in [0.1, 0.15) is 27.3 Å². The number of ether oxygens (including phenoxy) is 2. The molecule has 11 heteroatoms. The minimum atomic E-state index is -0.531. The number of aliphatic hydroxyl groups excluding tert-OH is 1. The van der Waals surface area contributed by atoms with Crippen LogP contribution in [0.15, 0.2) is 48.8 Å². The van der Waals surface area contributed by atoms with Gasteiger partial charge in [0, 0.05) is 23.7 Å². The smallest absolute Gasteiger partial charge is 0.296 e. The summed E-state index contributed by atoms with van der Waals surface area (Å²) in [6.07, 6.45) is 2.94. The van der Waals surface area contributed by atoms with Crippen LogP contribution in [0.5, 0.6) is 10.9 Å². The summed E-state index contributed by atoms with van der Waals surface area (Å²) >= 11 is 1.04. The second kappa shape index (κ2) is 10.3. The first-order valence-electron chi connectivity index (χ1n) is 10.1. The molecule has 0 aliphatic heterocycles. The van der Waals surface area contributed by atoms with Crippen molar-refractivity contribution in [3.8, 4) is 22.1 Å². The molecule has 0 saturated carbocycles. The zero-order chi connectivity index (χ0) is 24.1. The number of carbonyl (C=O) groups excluding carboxylic acids is 1. The SMILES string of the molecule is COc1cccc(F)c1-c1cc(C)ncc1C(=O)Nc1nnc(OCc2ccc(CO)cn2)s1. The number of anilines is 1. The molecule has 174 valence electrons. The fourth-order valence-electron chi connectivity index (χ4n) is 3.14. The highest BCUT2D eigenvalue weighted by molar-refractivity contribution is 7.17. The van der Waals surface area contributed by atoms with E-state index in [1.807, 2.05) is 0 Å². The van der Waals surface area contributed by atoms with Crippen LogP contribution in [0.3, 0.4) is 0 Å². The largest absolute Gasteiger partial charge is 0.496 e. The Morgan fingerprint density at radius 2 is 2.03 bits per heavy atom. The lowest BCUT2D eigenvalue weighted by Crippen LogP contribution is -2.14. The molecule has 0 spiro atoms. The zero-order valence-corrected chi connectivity index (χ0v) is 19.1. The Morgan fingerprint density at radius 1 is 1.18 bits per heavy atom. The summed E-state index contributed by atoms with van der Waals surface area (Å²) in [5.74, 6) is -0.755. The molecule has 1 aromatic carbocycles. The maximum Gasteiger partial charge on any atom is 0.296 e. The van der Waals surface area contributed by atoms with E-state index in [-0.39, 0.29) is 34.7 Å². The summed E-state index contributed by atoms with van der Waals surface area (Å²) in [6.45, 7) is 1.81. The normalized spacial score (nSPS) is 10.7. The number of nitrogens with zero attached hydrogens (tertiary/aromatic N) is 4. The third-order valence-electron chi connectivity index (χ3n) is 4.79. The first-order chi connectivity index (χ1) is 16.5. The maximum atomic E-state index is 14.7. The Morgan fingerprint density at radius 3 is 2.76 bits per heavy atom. The van der Waals surface area contributed by atoms with Crippen molar-refractivity contribution in [2.45, 2.75) is 20.1 Å². The molecule has 3 aromatic heterocycles. The van der Waals surface area contributed by atoms with E-state index in [0.717, 1.165) is 11.3 Å². The lowest BCUT2D eigenvalue weighted by Gasteiger charge is -2.14. The third-order valence-corrected chi connectivity index (χ3v) is 5.54. The summed E-state index contributed by atoms with van der Waals surface area (Å²) in [5, 5.41) is 20.0. The van der Waals surface area contributed by atoms with Gasteiger partial charge < -0.3 is 14.6 Å². The Bertz CT molecular complexity index is 1310. The topological polar surface area (TPSA) is 119 Å². The van der Waals surface area contributed by atoms with E-state index in [9.17, 15) is 9.18 Å². The first-order valence-corrected chi connectivity index (χ1v) is 10.9. The number of hydrogen-bond donors (Lipinski definition) is 2. The molecule has 0 fully saturated rings. The average Bonchev–Trinajstić information content (AvgIpc) is 3.29.